The highest BCUT2D eigenvalue weighted by Gasteiger charge is 2.03. The molecular weight excluding hydrogens is 198 g/mol. The van der Waals surface area contributed by atoms with Crippen molar-refractivity contribution >= 4 is 0 Å². The fraction of sp³-hybridized carbons (Fsp3) is 0.571. The molecule has 0 aliphatic carbocycles. The molecule has 0 aliphatic heterocycles. The molecule has 0 radical (unpaired) electrons. The van der Waals surface area contributed by atoms with Crippen LogP contribution in [-0.2, 0) is 0 Å². The predicted molar refractivity (Wildman–Crippen MR) is 68.9 cm³/mol. The van der Waals surface area contributed by atoms with Gasteiger partial charge in [0.25, 0.3) is 0 Å². The van der Waals surface area contributed by atoms with E-state index in [-0.39, 0.29) is 6.10 Å². The van der Waals surface area contributed by atoms with Gasteiger partial charge in [-0.1, -0.05) is 32.0 Å². The third-order valence-electron chi connectivity index (χ3n) is 2.36. The Bertz CT molecular complexity index is 271. The molecule has 1 unspecified atom stereocenters. The van der Waals surface area contributed by atoms with Gasteiger partial charge < -0.3 is 10.1 Å². The van der Waals surface area contributed by atoms with Gasteiger partial charge in [-0.25, -0.2) is 0 Å². The maximum Gasteiger partial charge on any atom is 0.119 e. The lowest BCUT2D eigenvalue weighted by Crippen LogP contribution is -2.25. The summed E-state index contributed by atoms with van der Waals surface area (Å²) >= 11 is 0. The van der Waals surface area contributed by atoms with Gasteiger partial charge in [-0.15, -0.1) is 0 Å². The average molecular weight is 221 g/mol. The zero-order valence-corrected chi connectivity index (χ0v) is 10.6. The van der Waals surface area contributed by atoms with Gasteiger partial charge in [0.15, 0.2) is 0 Å². The number of hydrogen-bond acceptors (Lipinski definition) is 2. The number of nitrogens with one attached hydrogen (secondary N) is 1. The normalized spacial score (nSPS) is 12.8. The SMILES string of the molecule is CC(C)CNCCC(C)Oc1ccccc1. The van der Waals surface area contributed by atoms with Crippen molar-refractivity contribution in [2.45, 2.75) is 33.3 Å². The summed E-state index contributed by atoms with van der Waals surface area (Å²) in [7, 11) is 0. The summed E-state index contributed by atoms with van der Waals surface area (Å²) in [5.41, 5.74) is 0. The van der Waals surface area contributed by atoms with Gasteiger partial charge in [0.2, 0.25) is 0 Å². The van der Waals surface area contributed by atoms with Gasteiger partial charge in [0.1, 0.15) is 5.75 Å². The lowest BCUT2D eigenvalue weighted by Gasteiger charge is -2.15. The highest BCUT2D eigenvalue weighted by Crippen LogP contribution is 2.11. The van der Waals surface area contributed by atoms with Gasteiger partial charge >= 0.3 is 0 Å². The third kappa shape index (κ3) is 5.76. The summed E-state index contributed by atoms with van der Waals surface area (Å²) in [4.78, 5) is 0. The van der Waals surface area contributed by atoms with Crippen LogP contribution >= 0.6 is 0 Å². The minimum Gasteiger partial charge on any atom is -0.491 e. The number of hydrogen-bond donors (Lipinski definition) is 1. The van der Waals surface area contributed by atoms with Crippen LogP contribution in [0.15, 0.2) is 30.3 Å². The molecule has 1 aromatic carbocycles. The Morgan fingerprint density at radius 1 is 1.12 bits per heavy atom. The van der Waals surface area contributed by atoms with Crippen LogP contribution in [0.1, 0.15) is 27.2 Å². The number of ether oxygens (including phenoxy) is 1. The number of rotatable bonds is 7. The molecule has 0 saturated carbocycles. The molecular formula is C14H23NO. The standard InChI is InChI=1S/C14H23NO/c1-12(2)11-15-10-9-13(3)16-14-7-5-4-6-8-14/h4-8,12-13,15H,9-11H2,1-3H3. The second-order valence-corrected chi connectivity index (χ2v) is 4.63. The molecule has 0 spiro atoms. The van der Waals surface area contributed by atoms with Crippen molar-refractivity contribution in [1.82, 2.24) is 5.32 Å². The minimum atomic E-state index is 0.266. The third-order valence-corrected chi connectivity index (χ3v) is 2.36. The molecule has 0 heterocycles. The first-order chi connectivity index (χ1) is 7.68. The molecule has 0 amide bonds. The molecule has 0 aromatic heterocycles. The van der Waals surface area contributed by atoms with E-state index in [2.05, 4.69) is 26.1 Å². The number of para-hydroxylation sites is 1. The molecule has 1 N–H and O–H groups in total. The second kappa shape index (κ2) is 7.29. The summed E-state index contributed by atoms with van der Waals surface area (Å²) in [5.74, 6) is 1.67. The van der Waals surface area contributed by atoms with Crippen molar-refractivity contribution < 1.29 is 4.74 Å². The van der Waals surface area contributed by atoms with Crippen molar-refractivity contribution in [3.8, 4) is 5.75 Å². The maximum absolute atomic E-state index is 5.78. The molecule has 1 atom stereocenters. The van der Waals surface area contributed by atoms with E-state index in [0.29, 0.717) is 5.92 Å². The Morgan fingerprint density at radius 2 is 1.81 bits per heavy atom. The van der Waals surface area contributed by atoms with Crippen molar-refractivity contribution in [1.29, 1.82) is 0 Å². The lowest BCUT2D eigenvalue weighted by atomic mass is 10.2. The summed E-state index contributed by atoms with van der Waals surface area (Å²) < 4.78 is 5.78. The number of benzene rings is 1. The fourth-order valence-electron chi connectivity index (χ4n) is 1.49. The lowest BCUT2D eigenvalue weighted by molar-refractivity contribution is 0.209. The van der Waals surface area contributed by atoms with E-state index in [4.69, 9.17) is 4.74 Å². The highest BCUT2D eigenvalue weighted by molar-refractivity contribution is 5.21. The van der Waals surface area contributed by atoms with E-state index in [1.807, 2.05) is 30.3 Å². The van der Waals surface area contributed by atoms with Crippen LogP contribution in [0.4, 0.5) is 0 Å². The Hall–Kier alpha value is -1.02. The second-order valence-electron chi connectivity index (χ2n) is 4.63. The van der Waals surface area contributed by atoms with Crippen LogP contribution in [0.25, 0.3) is 0 Å². The van der Waals surface area contributed by atoms with Crippen LogP contribution in [0.3, 0.4) is 0 Å². The Labute approximate surface area is 99.0 Å². The van der Waals surface area contributed by atoms with Gasteiger partial charge in [-0.3, -0.25) is 0 Å². The summed E-state index contributed by atoms with van der Waals surface area (Å²) in [6.07, 6.45) is 1.31. The van der Waals surface area contributed by atoms with Gasteiger partial charge in [0.05, 0.1) is 6.10 Å². The first-order valence-electron chi connectivity index (χ1n) is 6.11. The van der Waals surface area contributed by atoms with Gasteiger partial charge in [0, 0.05) is 0 Å². The zero-order valence-electron chi connectivity index (χ0n) is 10.6. The van der Waals surface area contributed by atoms with Gasteiger partial charge in [-0.05, 0) is 44.5 Å². The van der Waals surface area contributed by atoms with E-state index < -0.39 is 0 Å². The Morgan fingerprint density at radius 3 is 2.44 bits per heavy atom. The molecule has 1 aromatic rings. The average Bonchev–Trinajstić information content (AvgIpc) is 2.25. The van der Waals surface area contributed by atoms with Crippen LogP contribution in [0.2, 0.25) is 0 Å². The summed E-state index contributed by atoms with van der Waals surface area (Å²) in [5, 5.41) is 3.42. The first-order valence-corrected chi connectivity index (χ1v) is 6.11. The summed E-state index contributed by atoms with van der Waals surface area (Å²) in [6, 6.07) is 10.00. The minimum absolute atomic E-state index is 0.266. The smallest absolute Gasteiger partial charge is 0.119 e. The van der Waals surface area contributed by atoms with Crippen LogP contribution in [0.5, 0.6) is 5.75 Å². The Balaban J connectivity index is 2.14. The van der Waals surface area contributed by atoms with Gasteiger partial charge in [-0.2, -0.15) is 0 Å². The largest absolute Gasteiger partial charge is 0.491 e. The topological polar surface area (TPSA) is 21.3 Å². The van der Waals surface area contributed by atoms with E-state index in [1.165, 1.54) is 0 Å². The van der Waals surface area contributed by atoms with Crippen molar-refractivity contribution in [3.05, 3.63) is 30.3 Å². The fourth-order valence-corrected chi connectivity index (χ4v) is 1.49. The first kappa shape index (κ1) is 13.0. The van der Waals surface area contributed by atoms with Crippen molar-refractivity contribution in [2.75, 3.05) is 13.1 Å². The monoisotopic (exact) mass is 221 g/mol. The van der Waals surface area contributed by atoms with Crippen molar-refractivity contribution in [3.63, 3.8) is 0 Å². The maximum atomic E-state index is 5.78. The molecule has 2 heteroatoms. The van der Waals surface area contributed by atoms with E-state index in [9.17, 15) is 0 Å². The summed E-state index contributed by atoms with van der Waals surface area (Å²) in [6.45, 7) is 8.65. The van der Waals surface area contributed by atoms with E-state index >= 15 is 0 Å². The van der Waals surface area contributed by atoms with Crippen LogP contribution in [0, 0.1) is 5.92 Å². The van der Waals surface area contributed by atoms with Crippen molar-refractivity contribution in [2.24, 2.45) is 5.92 Å². The molecule has 0 saturated heterocycles. The molecule has 1 rings (SSSR count). The quantitative estimate of drug-likeness (QED) is 0.714. The highest BCUT2D eigenvalue weighted by atomic mass is 16.5. The Kier molecular flexibility index (Phi) is 5.94. The zero-order chi connectivity index (χ0) is 11.8. The molecule has 2 nitrogen and oxygen atoms in total. The van der Waals surface area contributed by atoms with E-state index in [1.54, 1.807) is 0 Å². The van der Waals surface area contributed by atoms with Crippen LogP contribution < -0.4 is 10.1 Å². The molecule has 0 fully saturated rings. The molecule has 0 aliphatic rings. The molecule has 0 bridgehead atoms. The van der Waals surface area contributed by atoms with Crippen LogP contribution in [-0.4, -0.2) is 19.2 Å². The molecule has 90 valence electrons. The predicted octanol–water partition coefficient (Wildman–Crippen LogP) is 3.09. The molecule has 16 heavy (non-hydrogen) atoms. The van der Waals surface area contributed by atoms with E-state index in [0.717, 1.165) is 25.3 Å².